The zero-order chi connectivity index (χ0) is 12.5. The maximum atomic E-state index is 12.1. The van der Waals surface area contributed by atoms with E-state index in [1.165, 1.54) is 19.3 Å². The van der Waals surface area contributed by atoms with Crippen molar-refractivity contribution in [2.45, 2.75) is 32.6 Å². The standard InChI is InChI=1S/C16H17NO/c1-11-5-6-13-10-14(7-8-15(13)17-11)16(18)9-12-3-2-4-12/h5-8,10,12H,2-4,9H2,1H3. The van der Waals surface area contributed by atoms with Crippen LogP contribution >= 0.6 is 0 Å². The van der Waals surface area contributed by atoms with Gasteiger partial charge >= 0.3 is 0 Å². The minimum absolute atomic E-state index is 0.280. The molecule has 1 saturated carbocycles. The van der Waals surface area contributed by atoms with E-state index in [1.54, 1.807) is 0 Å². The molecule has 0 unspecified atom stereocenters. The SMILES string of the molecule is Cc1ccc2cc(C(=O)CC3CCC3)ccc2n1. The number of fused-ring (bicyclic) bond motifs is 1. The molecule has 0 aliphatic heterocycles. The lowest BCUT2D eigenvalue weighted by Crippen LogP contribution is -2.15. The molecule has 3 rings (SSSR count). The van der Waals surface area contributed by atoms with Crippen LogP contribution in [0.3, 0.4) is 0 Å². The predicted molar refractivity (Wildman–Crippen MR) is 72.8 cm³/mol. The zero-order valence-electron chi connectivity index (χ0n) is 10.6. The van der Waals surface area contributed by atoms with Gasteiger partial charge in [-0.1, -0.05) is 25.3 Å². The lowest BCUT2D eigenvalue weighted by molar-refractivity contribution is 0.0936. The number of Topliss-reactive ketones (excluding diaryl/α,β-unsaturated/α-hetero) is 1. The highest BCUT2D eigenvalue weighted by atomic mass is 16.1. The average Bonchev–Trinajstić information content (AvgIpc) is 2.33. The van der Waals surface area contributed by atoms with Crippen molar-refractivity contribution in [1.29, 1.82) is 0 Å². The molecular formula is C16H17NO. The minimum atomic E-state index is 0.280. The summed E-state index contributed by atoms with van der Waals surface area (Å²) < 4.78 is 0. The van der Waals surface area contributed by atoms with Crippen molar-refractivity contribution in [3.63, 3.8) is 0 Å². The van der Waals surface area contributed by atoms with Gasteiger partial charge < -0.3 is 0 Å². The molecule has 1 aromatic heterocycles. The van der Waals surface area contributed by atoms with Crippen molar-refractivity contribution in [1.82, 2.24) is 4.98 Å². The zero-order valence-corrected chi connectivity index (χ0v) is 10.6. The number of nitrogens with zero attached hydrogens (tertiary/aromatic N) is 1. The van der Waals surface area contributed by atoms with Crippen LogP contribution in [0.15, 0.2) is 30.3 Å². The Labute approximate surface area is 107 Å². The summed E-state index contributed by atoms with van der Waals surface area (Å²) in [6.07, 6.45) is 4.45. The third kappa shape index (κ3) is 2.15. The molecule has 1 fully saturated rings. The molecule has 0 radical (unpaired) electrons. The molecule has 1 heterocycles. The second-order valence-corrected chi connectivity index (χ2v) is 5.28. The highest BCUT2D eigenvalue weighted by Crippen LogP contribution is 2.30. The maximum absolute atomic E-state index is 12.1. The number of hydrogen-bond donors (Lipinski definition) is 0. The van der Waals surface area contributed by atoms with Crippen molar-refractivity contribution in [2.75, 3.05) is 0 Å². The van der Waals surface area contributed by atoms with Gasteiger partial charge in [-0.15, -0.1) is 0 Å². The topological polar surface area (TPSA) is 30.0 Å². The summed E-state index contributed by atoms with van der Waals surface area (Å²) in [7, 11) is 0. The fraction of sp³-hybridized carbons (Fsp3) is 0.375. The van der Waals surface area contributed by atoms with Crippen LogP contribution in [0, 0.1) is 12.8 Å². The van der Waals surface area contributed by atoms with E-state index in [1.807, 2.05) is 37.3 Å². The molecule has 0 saturated heterocycles. The fourth-order valence-electron chi connectivity index (χ4n) is 2.48. The number of carbonyl (C=O) groups is 1. The second-order valence-electron chi connectivity index (χ2n) is 5.28. The highest BCUT2D eigenvalue weighted by Gasteiger charge is 2.21. The molecule has 0 N–H and O–H groups in total. The van der Waals surface area contributed by atoms with Crippen LogP contribution in [0.5, 0.6) is 0 Å². The van der Waals surface area contributed by atoms with Gasteiger partial charge in [0.2, 0.25) is 0 Å². The Morgan fingerprint density at radius 2 is 2.11 bits per heavy atom. The van der Waals surface area contributed by atoms with Gasteiger partial charge in [0.1, 0.15) is 0 Å². The molecule has 2 aromatic rings. The Hall–Kier alpha value is -1.70. The summed E-state index contributed by atoms with van der Waals surface area (Å²) in [6, 6.07) is 9.87. The first-order valence-electron chi connectivity index (χ1n) is 6.63. The van der Waals surface area contributed by atoms with Gasteiger partial charge in [-0.2, -0.15) is 0 Å². The first kappa shape index (κ1) is 11.4. The van der Waals surface area contributed by atoms with Crippen molar-refractivity contribution in [3.05, 3.63) is 41.6 Å². The molecule has 92 valence electrons. The second kappa shape index (κ2) is 4.52. The molecule has 0 amide bonds. The van der Waals surface area contributed by atoms with Gasteiger partial charge in [-0.05, 0) is 37.1 Å². The van der Waals surface area contributed by atoms with Crippen LogP contribution in [-0.4, -0.2) is 10.8 Å². The maximum Gasteiger partial charge on any atom is 0.163 e. The molecule has 0 spiro atoms. The lowest BCUT2D eigenvalue weighted by atomic mass is 9.81. The van der Waals surface area contributed by atoms with Gasteiger partial charge in [-0.25, -0.2) is 0 Å². The number of rotatable bonds is 3. The van der Waals surface area contributed by atoms with Gasteiger partial charge in [0.25, 0.3) is 0 Å². The van der Waals surface area contributed by atoms with Crippen LogP contribution in [0.1, 0.15) is 41.7 Å². The molecule has 1 aromatic carbocycles. The van der Waals surface area contributed by atoms with Crippen molar-refractivity contribution in [2.24, 2.45) is 5.92 Å². The van der Waals surface area contributed by atoms with Crippen molar-refractivity contribution < 1.29 is 4.79 Å². The molecule has 2 heteroatoms. The van der Waals surface area contributed by atoms with Crippen molar-refractivity contribution in [3.8, 4) is 0 Å². The Bertz CT molecular complexity index is 599. The first-order chi connectivity index (χ1) is 8.72. The van der Waals surface area contributed by atoms with E-state index in [-0.39, 0.29) is 5.78 Å². The number of aryl methyl sites for hydroxylation is 1. The summed E-state index contributed by atoms with van der Waals surface area (Å²) >= 11 is 0. The fourth-order valence-corrected chi connectivity index (χ4v) is 2.48. The van der Waals surface area contributed by atoms with Crippen LogP contribution in [0.25, 0.3) is 10.9 Å². The summed E-state index contributed by atoms with van der Waals surface area (Å²) in [4.78, 5) is 16.6. The number of ketones is 1. The van der Waals surface area contributed by atoms with Gasteiger partial charge in [-0.3, -0.25) is 9.78 Å². The van der Waals surface area contributed by atoms with Crippen LogP contribution in [-0.2, 0) is 0 Å². The number of aromatic nitrogens is 1. The molecule has 0 bridgehead atoms. The third-order valence-corrected chi connectivity index (χ3v) is 3.85. The van der Waals surface area contributed by atoms with E-state index in [9.17, 15) is 4.79 Å². The van der Waals surface area contributed by atoms with E-state index in [4.69, 9.17) is 0 Å². The first-order valence-corrected chi connectivity index (χ1v) is 6.63. The quantitative estimate of drug-likeness (QED) is 0.760. The van der Waals surface area contributed by atoms with E-state index in [0.29, 0.717) is 12.3 Å². The molecule has 2 nitrogen and oxygen atoms in total. The van der Waals surface area contributed by atoms with E-state index < -0.39 is 0 Å². The Morgan fingerprint density at radius 3 is 2.83 bits per heavy atom. The largest absolute Gasteiger partial charge is 0.294 e. The van der Waals surface area contributed by atoms with Gasteiger partial charge in [0, 0.05) is 23.1 Å². The Kier molecular flexibility index (Phi) is 2.86. The van der Waals surface area contributed by atoms with Crippen LogP contribution in [0.2, 0.25) is 0 Å². The van der Waals surface area contributed by atoms with E-state index in [2.05, 4.69) is 4.98 Å². The number of carbonyl (C=O) groups excluding carboxylic acids is 1. The average molecular weight is 239 g/mol. The van der Waals surface area contributed by atoms with Crippen LogP contribution < -0.4 is 0 Å². The third-order valence-electron chi connectivity index (χ3n) is 3.85. The molecule has 18 heavy (non-hydrogen) atoms. The van der Waals surface area contributed by atoms with E-state index in [0.717, 1.165) is 22.2 Å². The minimum Gasteiger partial charge on any atom is -0.294 e. The van der Waals surface area contributed by atoms with Gasteiger partial charge in [0.15, 0.2) is 5.78 Å². The Morgan fingerprint density at radius 1 is 1.28 bits per heavy atom. The number of hydrogen-bond acceptors (Lipinski definition) is 2. The molecule has 1 aliphatic carbocycles. The number of pyridine rings is 1. The highest BCUT2D eigenvalue weighted by molar-refractivity contribution is 5.99. The normalized spacial score (nSPS) is 15.6. The summed E-state index contributed by atoms with van der Waals surface area (Å²) in [5.74, 6) is 0.909. The molecule has 1 aliphatic rings. The monoisotopic (exact) mass is 239 g/mol. The summed E-state index contributed by atoms with van der Waals surface area (Å²) in [6.45, 7) is 1.98. The summed E-state index contributed by atoms with van der Waals surface area (Å²) in [5.41, 5.74) is 2.81. The van der Waals surface area contributed by atoms with Crippen LogP contribution in [0.4, 0.5) is 0 Å². The summed E-state index contributed by atoms with van der Waals surface area (Å²) in [5, 5.41) is 1.06. The lowest BCUT2D eigenvalue weighted by Gasteiger charge is -2.24. The Balaban J connectivity index is 1.87. The predicted octanol–water partition coefficient (Wildman–Crippen LogP) is 3.92. The van der Waals surface area contributed by atoms with Crippen molar-refractivity contribution >= 4 is 16.7 Å². The molecular weight excluding hydrogens is 222 g/mol. The molecule has 0 atom stereocenters. The number of benzene rings is 1. The van der Waals surface area contributed by atoms with E-state index >= 15 is 0 Å². The smallest absolute Gasteiger partial charge is 0.163 e. The van der Waals surface area contributed by atoms with Gasteiger partial charge in [0.05, 0.1) is 5.52 Å².